The number of hydrogen-bond acceptors (Lipinski definition) is 7. The van der Waals surface area contributed by atoms with Crippen molar-refractivity contribution in [3.05, 3.63) is 64.9 Å². The molecule has 0 fully saturated rings. The second-order valence-corrected chi connectivity index (χ2v) is 7.76. The van der Waals surface area contributed by atoms with Crippen molar-refractivity contribution in [2.45, 2.75) is 25.2 Å². The van der Waals surface area contributed by atoms with Crippen LogP contribution in [0.5, 0.6) is 5.88 Å². The van der Waals surface area contributed by atoms with Crippen LogP contribution in [0, 0.1) is 0 Å². The summed E-state index contributed by atoms with van der Waals surface area (Å²) in [4.78, 5) is 23.0. The first kappa shape index (κ1) is 15.8. The largest absolute Gasteiger partial charge is 0.468 e. The molecule has 1 atom stereocenters. The highest BCUT2D eigenvalue weighted by Gasteiger charge is 2.40. The molecule has 28 heavy (non-hydrogen) atoms. The molecule has 138 valence electrons. The van der Waals surface area contributed by atoms with Crippen molar-refractivity contribution in [3.8, 4) is 16.6 Å². The molecule has 5 heterocycles. The van der Waals surface area contributed by atoms with Gasteiger partial charge in [-0.1, -0.05) is 6.07 Å². The summed E-state index contributed by atoms with van der Waals surface area (Å²) in [6.45, 7) is 0. The lowest BCUT2D eigenvalue weighted by Gasteiger charge is -2.30. The number of ketones is 1. The molecule has 4 aromatic heterocycles. The van der Waals surface area contributed by atoms with Gasteiger partial charge in [-0.3, -0.25) is 4.79 Å². The van der Waals surface area contributed by atoms with Gasteiger partial charge in [0.25, 0.3) is 0 Å². The normalized spacial score (nSPS) is 18.9. The maximum Gasteiger partial charge on any atom is 0.228 e. The molecule has 0 bridgehead atoms. The van der Waals surface area contributed by atoms with Gasteiger partial charge in [0, 0.05) is 18.4 Å². The van der Waals surface area contributed by atoms with Crippen LogP contribution in [0.1, 0.15) is 36.5 Å². The molecule has 4 aromatic rings. The number of carbonyl (C=O) groups excluding carboxylic acids is 1. The summed E-state index contributed by atoms with van der Waals surface area (Å²) in [7, 11) is 0. The minimum Gasteiger partial charge on any atom is -0.468 e. The fourth-order valence-corrected chi connectivity index (χ4v) is 4.62. The first-order chi connectivity index (χ1) is 13.8. The van der Waals surface area contributed by atoms with Crippen LogP contribution in [0.2, 0.25) is 0 Å². The van der Waals surface area contributed by atoms with Crippen LogP contribution >= 0.6 is 11.3 Å². The molecule has 2 aliphatic rings. The molecule has 0 radical (unpaired) electrons. The Kier molecular flexibility index (Phi) is 3.30. The van der Waals surface area contributed by atoms with Crippen LogP contribution < -0.4 is 4.74 Å². The molecule has 0 aromatic carbocycles. The fraction of sp³-hybridized carbons (Fsp3) is 0.200. The van der Waals surface area contributed by atoms with E-state index in [0.29, 0.717) is 40.9 Å². The lowest BCUT2D eigenvalue weighted by atomic mass is 9.80. The number of ether oxygens (including phenoxy) is 1. The van der Waals surface area contributed by atoms with Crippen molar-refractivity contribution >= 4 is 22.8 Å². The zero-order chi connectivity index (χ0) is 18.7. The van der Waals surface area contributed by atoms with Crippen LogP contribution in [-0.2, 0) is 4.79 Å². The van der Waals surface area contributed by atoms with Crippen molar-refractivity contribution in [3.63, 3.8) is 0 Å². The second kappa shape index (κ2) is 5.87. The molecule has 6 rings (SSSR count). The third-order valence-electron chi connectivity index (χ3n) is 5.16. The number of nitrogens with zero attached hydrogens (tertiary/aromatic N) is 4. The predicted octanol–water partition coefficient (Wildman–Crippen LogP) is 3.98. The van der Waals surface area contributed by atoms with Crippen LogP contribution in [0.3, 0.4) is 0 Å². The van der Waals surface area contributed by atoms with Crippen molar-refractivity contribution in [1.29, 1.82) is 0 Å². The van der Waals surface area contributed by atoms with E-state index in [9.17, 15) is 4.79 Å². The molecule has 0 saturated carbocycles. The number of thiophene rings is 1. The highest BCUT2D eigenvalue weighted by atomic mass is 32.1. The summed E-state index contributed by atoms with van der Waals surface area (Å²) in [5.74, 6) is 2.17. The predicted molar refractivity (Wildman–Crippen MR) is 101 cm³/mol. The average molecular weight is 390 g/mol. The first-order valence-corrected chi connectivity index (χ1v) is 9.94. The third kappa shape index (κ3) is 2.21. The summed E-state index contributed by atoms with van der Waals surface area (Å²) in [6.07, 6.45) is 5.24. The Bertz CT molecular complexity index is 1240. The van der Waals surface area contributed by atoms with E-state index < -0.39 is 5.92 Å². The van der Waals surface area contributed by atoms with Gasteiger partial charge in [0.2, 0.25) is 5.88 Å². The Morgan fingerprint density at radius 2 is 2.18 bits per heavy atom. The summed E-state index contributed by atoms with van der Waals surface area (Å²) in [5, 5.41) is 6.56. The standard InChI is InChI=1S/C20H14N4O3S/c25-11-4-1-5-13-15(11)16(12-6-2-8-26-12)17-19-22-18(14-7-3-9-28-14)23-24(19)10-21-20(17)27-13/h2-3,6-10,16H,1,4-5H2. The number of fused-ring (bicyclic) bond motifs is 3. The molecule has 0 amide bonds. The van der Waals surface area contributed by atoms with Gasteiger partial charge in [0.1, 0.15) is 17.8 Å². The fourth-order valence-electron chi connectivity index (χ4n) is 3.97. The lowest BCUT2D eigenvalue weighted by molar-refractivity contribution is -0.116. The Balaban J connectivity index is 1.63. The summed E-state index contributed by atoms with van der Waals surface area (Å²) in [5.41, 5.74) is 2.01. The molecule has 8 heteroatoms. The summed E-state index contributed by atoms with van der Waals surface area (Å²) in [6, 6.07) is 7.65. The van der Waals surface area contributed by atoms with Gasteiger partial charge < -0.3 is 9.15 Å². The van der Waals surface area contributed by atoms with Crippen LogP contribution in [0.25, 0.3) is 16.3 Å². The molecular weight excluding hydrogens is 376 g/mol. The van der Waals surface area contributed by atoms with E-state index in [2.05, 4.69) is 10.1 Å². The van der Waals surface area contributed by atoms with Gasteiger partial charge >= 0.3 is 0 Å². The van der Waals surface area contributed by atoms with Gasteiger partial charge in [-0.05, 0) is 30.0 Å². The maximum atomic E-state index is 12.8. The summed E-state index contributed by atoms with van der Waals surface area (Å²) >= 11 is 1.57. The lowest BCUT2D eigenvalue weighted by Crippen LogP contribution is -2.26. The Labute approximate surface area is 163 Å². The zero-order valence-electron chi connectivity index (χ0n) is 14.7. The molecular formula is C20H14N4O3S. The van der Waals surface area contributed by atoms with E-state index in [-0.39, 0.29) is 5.78 Å². The van der Waals surface area contributed by atoms with Crippen molar-refractivity contribution in [2.75, 3.05) is 0 Å². The molecule has 0 N–H and O–H groups in total. The van der Waals surface area contributed by atoms with E-state index in [1.165, 1.54) is 0 Å². The van der Waals surface area contributed by atoms with E-state index in [0.717, 1.165) is 23.3 Å². The number of hydrogen-bond donors (Lipinski definition) is 0. The van der Waals surface area contributed by atoms with Crippen LogP contribution in [0.4, 0.5) is 0 Å². The monoisotopic (exact) mass is 390 g/mol. The number of Topliss-reactive ketones (excluding diaryl/α,β-unsaturated/α-hetero) is 1. The van der Waals surface area contributed by atoms with Gasteiger partial charge in [-0.2, -0.15) is 0 Å². The number of carbonyl (C=O) groups is 1. The van der Waals surface area contributed by atoms with E-state index in [1.807, 2.05) is 29.6 Å². The van der Waals surface area contributed by atoms with Gasteiger partial charge in [-0.25, -0.2) is 14.5 Å². The van der Waals surface area contributed by atoms with Crippen molar-refractivity contribution in [2.24, 2.45) is 0 Å². The van der Waals surface area contributed by atoms with Crippen LogP contribution in [0.15, 0.2) is 58.0 Å². The smallest absolute Gasteiger partial charge is 0.228 e. The highest BCUT2D eigenvalue weighted by Crippen LogP contribution is 2.47. The first-order valence-electron chi connectivity index (χ1n) is 9.06. The van der Waals surface area contributed by atoms with E-state index in [1.54, 1.807) is 28.4 Å². The highest BCUT2D eigenvalue weighted by molar-refractivity contribution is 7.13. The number of rotatable bonds is 2. The van der Waals surface area contributed by atoms with E-state index in [4.69, 9.17) is 14.1 Å². The molecule has 0 saturated heterocycles. The Morgan fingerprint density at radius 1 is 1.21 bits per heavy atom. The second-order valence-electron chi connectivity index (χ2n) is 6.81. The summed E-state index contributed by atoms with van der Waals surface area (Å²) < 4.78 is 13.4. The minimum atomic E-state index is -0.391. The van der Waals surface area contributed by atoms with Crippen molar-refractivity contribution in [1.82, 2.24) is 19.6 Å². The van der Waals surface area contributed by atoms with Gasteiger partial charge in [0.05, 0.1) is 22.6 Å². The average Bonchev–Trinajstić information content (AvgIpc) is 3.47. The molecule has 1 aliphatic carbocycles. The number of furan rings is 1. The molecule has 1 unspecified atom stereocenters. The van der Waals surface area contributed by atoms with Gasteiger partial charge in [0.15, 0.2) is 17.3 Å². The SMILES string of the molecule is O=C1CCCC2=C1C(c1ccco1)c1c(ncn3nc(-c4cccs4)nc13)O2. The Morgan fingerprint density at radius 3 is 3.00 bits per heavy atom. The number of aromatic nitrogens is 4. The van der Waals surface area contributed by atoms with Crippen LogP contribution in [-0.4, -0.2) is 25.4 Å². The molecule has 1 aliphatic heterocycles. The van der Waals surface area contributed by atoms with Crippen molar-refractivity contribution < 1.29 is 13.9 Å². The Hall–Kier alpha value is -3.26. The molecule has 0 spiro atoms. The topological polar surface area (TPSA) is 82.5 Å². The molecule has 7 nitrogen and oxygen atoms in total. The van der Waals surface area contributed by atoms with E-state index >= 15 is 0 Å². The number of allylic oxidation sites excluding steroid dienone is 2. The van der Waals surface area contributed by atoms with Gasteiger partial charge in [-0.15, -0.1) is 16.4 Å². The minimum absolute atomic E-state index is 0.0910. The quantitative estimate of drug-likeness (QED) is 0.515. The zero-order valence-corrected chi connectivity index (χ0v) is 15.5. The maximum absolute atomic E-state index is 12.8. The third-order valence-corrected chi connectivity index (χ3v) is 6.03.